The number of guanidine groups is 1. The number of hydrogen-bond donors (Lipinski definition) is 2. The minimum atomic E-state index is -4.70. The van der Waals surface area contributed by atoms with E-state index in [4.69, 9.17) is 10.5 Å². The molecule has 0 saturated carbocycles. The summed E-state index contributed by atoms with van der Waals surface area (Å²) < 4.78 is 45.6. The second-order valence-electron chi connectivity index (χ2n) is 5.92. The Bertz CT molecular complexity index is 762. The van der Waals surface area contributed by atoms with Gasteiger partial charge in [0, 0.05) is 12.5 Å². The van der Waals surface area contributed by atoms with Gasteiger partial charge in [-0.05, 0) is 29.3 Å². The third-order valence-electron chi connectivity index (χ3n) is 3.85. The van der Waals surface area contributed by atoms with Crippen LogP contribution in [0.5, 0.6) is 11.5 Å². The third-order valence-corrected chi connectivity index (χ3v) is 3.85. The number of methoxy groups -OCH3 is 1. The highest BCUT2D eigenvalue weighted by Crippen LogP contribution is 2.25. The summed E-state index contributed by atoms with van der Waals surface area (Å²) in [5.74, 6) is 0.941. The molecule has 0 heterocycles. The standard InChI is InChI=1S/C19H22F3N3O2/c1-13(16-5-3-4-6-17(16)26-2)11-24-18(23)25-12-14-7-9-15(10-8-14)27-19(20,21)22/h3-10,13H,11-12H2,1-2H3,(H3,23,24,25). The van der Waals surface area contributed by atoms with Crippen molar-refractivity contribution >= 4 is 5.96 Å². The summed E-state index contributed by atoms with van der Waals surface area (Å²) in [6.07, 6.45) is -4.70. The van der Waals surface area contributed by atoms with Crippen molar-refractivity contribution in [2.75, 3.05) is 13.7 Å². The fraction of sp³-hybridized carbons (Fsp3) is 0.316. The molecule has 27 heavy (non-hydrogen) atoms. The highest BCUT2D eigenvalue weighted by molar-refractivity contribution is 5.77. The molecule has 0 aliphatic heterocycles. The molecule has 2 rings (SSSR count). The molecule has 0 aliphatic carbocycles. The maximum Gasteiger partial charge on any atom is 0.573 e. The molecule has 0 amide bonds. The van der Waals surface area contributed by atoms with Gasteiger partial charge < -0.3 is 20.5 Å². The molecule has 0 radical (unpaired) electrons. The second kappa shape index (κ2) is 9.16. The Kier molecular flexibility index (Phi) is 6.92. The van der Waals surface area contributed by atoms with E-state index in [1.807, 2.05) is 31.2 Å². The van der Waals surface area contributed by atoms with Crippen LogP contribution in [0.1, 0.15) is 24.0 Å². The van der Waals surface area contributed by atoms with E-state index in [2.05, 4.69) is 15.0 Å². The normalized spacial score (nSPS) is 13.1. The second-order valence-corrected chi connectivity index (χ2v) is 5.92. The van der Waals surface area contributed by atoms with E-state index < -0.39 is 6.36 Å². The van der Waals surface area contributed by atoms with Crippen LogP contribution in [0.3, 0.4) is 0 Å². The SMILES string of the molecule is COc1ccccc1C(C)CNC(N)=NCc1ccc(OC(F)(F)F)cc1. The Balaban J connectivity index is 1.87. The minimum absolute atomic E-state index is 0.147. The van der Waals surface area contributed by atoms with Gasteiger partial charge >= 0.3 is 6.36 Å². The van der Waals surface area contributed by atoms with Gasteiger partial charge in [0.1, 0.15) is 11.5 Å². The summed E-state index contributed by atoms with van der Waals surface area (Å²) in [5.41, 5.74) is 7.64. The van der Waals surface area contributed by atoms with E-state index in [-0.39, 0.29) is 24.2 Å². The fourth-order valence-electron chi connectivity index (χ4n) is 2.47. The van der Waals surface area contributed by atoms with Crippen LogP contribution >= 0.6 is 0 Å². The molecule has 0 aromatic heterocycles. The largest absolute Gasteiger partial charge is 0.573 e. The van der Waals surface area contributed by atoms with Gasteiger partial charge in [-0.25, -0.2) is 4.99 Å². The quantitative estimate of drug-likeness (QED) is 0.565. The maximum atomic E-state index is 12.1. The van der Waals surface area contributed by atoms with Crippen molar-refractivity contribution in [1.29, 1.82) is 0 Å². The van der Waals surface area contributed by atoms with E-state index in [0.29, 0.717) is 12.1 Å². The highest BCUT2D eigenvalue weighted by Gasteiger charge is 2.30. The number of nitrogens with one attached hydrogen (secondary N) is 1. The molecule has 1 unspecified atom stereocenters. The zero-order chi connectivity index (χ0) is 19.9. The number of hydrogen-bond acceptors (Lipinski definition) is 3. The van der Waals surface area contributed by atoms with Crippen molar-refractivity contribution in [3.8, 4) is 11.5 Å². The van der Waals surface area contributed by atoms with Crippen LogP contribution in [0.15, 0.2) is 53.5 Å². The van der Waals surface area contributed by atoms with Crippen molar-refractivity contribution in [2.24, 2.45) is 10.7 Å². The molecule has 0 saturated heterocycles. The number of benzene rings is 2. The number of rotatable bonds is 7. The molecular weight excluding hydrogens is 359 g/mol. The summed E-state index contributed by atoms with van der Waals surface area (Å²) in [6.45, 7) is 2.85. The molecule has 146 valence electrons. The average Bonchev–Trinajstić information content (AvgIpc) is 2.64. The lowest BCUT2D eigenvalue weighted by Gasteiger charge is -2.16. The summed E-state index contributed by atoms with van der Waals surface area (Å²) >= 11 is 0. The smallest absolute Gasteiger partial charge is 0.496 e. The first-order chi connectivity index (χ1) is 12.8. The number of para-hydroxylation sites is 1. The first-order valence-corrected chi connectivity index (χ1v) is 8.30. The Labute approximate surface area is 156 Å². The zero-order valence-corrected chi connectivity index (χ0v) is 15.1. The molecule has 1 atom stereocenters. The summed E-state index contributed by atoms with van der Waals surface area (Å²) in [6, 6.07) is 13.2. The minimum Gasteiger partial charge on any atom is -0.496 e. The average molecular weight is 381 g/mol. The molecule has 5 nitrogen and oxygen atoms in total. The maximum absolute atomic E-state index is 12.1. The summed E-state index contributed by atoms with van der Waals surface area (Å²) in [4.78, 5) is 4.20. The zero-order valence-electron chi connectivity index (χ0n) is 15.1. The first kappa shape index (κ1) is 20.4. The van der Waals surface area contributed by atoms with Gasteiger partial charge in [0.15, 0.2) is 5.96 Å². The summed E-state index contributed by atoms with van der Waals surface area (Å²) in [7, 11) is 1.62. The predicted octanol–water partition coefficient (Wildman–Crippen LogP) is 3.80. The lowest BCUT2D eigenvalue weighted by Crippen LogP contribution is -2.34. The predicted molar refractivity (Wildman–Crippen MR) is 97.9 cm³/mol. The monoisotopic (exact) mass is 381 g/mol. The Hall–Kier alpha value is -2.90. The van der Waals surface area contributed by atoms with E-state index in [1.165, 1.54) is 24.3 Å². The first-order valence-electron chi connectivity index (χ1n) is 8.30. The Morgan fingerprint density at radius 2 is 1.81 bits per heavy atom. The highest BCUT2D eigenvalue weighted by atomic mass is 19.4. The van der Waals surface area contributed by atoms with Crippen molar-refractivity contribution in [2.45, 2.75) is 25.7 Å². The van der Waals surface area contributed by atoms with Gasteiger partial charge in [-0.1, -0.05) is 37.3 Å². The molecular formula is C19H22F3N3O2. The topological polar surface area (TPSA) is 68.9 Å². The molecule has 2 aromatic rings. The molecule has 2 aromatic carbocycles. The van der Waals surface area contributed by atoms with Crippen LogP contribution in [0.4, 0.5) is 13.2 Å². The molecule has 0 fully saturated rings. The van der Waals surface area contributed by atoms with E-state index >= 15 is 0 Å². The number of nitrogens with two attached hydrogens (primary N) is 1. The van der Waals surface area contributed by atoms with Crippen LogP contribution in [0, 0.1) is 0 Å². The van der Waals surface area contributed by atoms with E-state index in [1.54, 1.807) is 7.11 Å². The molecule has 0 spiro atoms. The van der Waals surface area contributed by atoms with Crippen LogP contribution in [0.2, 0.25) is 0 Å². The summed E-state index contributed by atoms with van der Waals surface area (Å²) in [5, 5.41) is 3.04. The number of ether oxygens (including phenoxy) is 2. The molecule has 8 heteroatoms. The van der Waals surface area contributed by atoms with Gasteiger partial charge in [0.2, 0.25) is 0 Å². The lowest BCUT2D eigenvalue weighted by atomic mass is 10.0. The Morgan fingerprint density at radius 3 is 2.44 bits per heavy atom. The van der Waals surface area contributed by atoms with Gasteiger partial charge in [-0.3, -0.25) is 0 Å². The number of alkyl halides is 3. The van der Waals surface area contributed by atoms with Crippen molar-refractivity contribution in [3.63, 3.8) is 0 Å². The number of nitrogens with zero attached hydrogens (tertiary/aromatic N) is 1. The van der Waals surface area contributed by atoms with E-state index in [0.717, 1.165) is 11.3 Å². The molecule has 0 aliphatic rings. The van der Waals surface area contributed by atoms with E-state index in [9.17, 15) is 13.2 Å². The molecule has 3 N–H and O–H groups in total. The van der Waals surface area contributed by atoms with Crippen LogP contribution in [-0.2, 0) is 6.54 Å². The van der Waals surface area contributed by atoms with Gasteiger partial charge in [-0.2, -0.15) is 0 Å². The fourth-order valence-corrected chi connectivity index (χ4v) is 2.47. The Morgan fingerprint density at radius 1 is 1.15 bits per heavy atom. The van der Waals surface area contributed by atoms with Crippen molar-refractivity contribution < 1.29 is 22.6 Å². The lowest BCUT2D eigenvalue weighted by molar-refractivity contribution is -0.274. The number of halogens is 3. The van der Waals surface area contributed by atoms with Gasteiger partial charge in [0.05, 0.1) is 13.7 Å². The van der Waals surface area contributed by atoms with Crippen molar-refractivity contribution in [1.82, 2.24) is 5.32 Å². The van der Waals surface area contributed by atoms with Crippen molar-refractivity contribution in [3.05, 3.63) is 59.7 Å². The molecule has 0 bridgehead atoms. The van der Waals surface area contributed by atoms with Gasteiger partial charge in [0.25, 0.3) is 0 Å². The van der Waals surface area contributed by atoms with Crippen LogP contribution < -0.4 is 20.5 Å². The van der Waals surface area contributed by atoms with Gasteiger partial charge in [-0.15, -0.1) is 13.2 Å². The van der Waals surface area contributed by atoms with Crippen LogP contribution in [-0.4, -0.2) is 26.0 Å². The number of aliphatic imine (C=N–C) groups is 1. The van der Waals surface area contributed by atoms with Crippen LogP contribution in [0.25, 0.3) is 0 Å². The third kappa shape index (κ3) is 6.73.